The van der Waals surface area contributed by atoms with Crippen LogP contribution in [0.25, 0.3) is 0 Å². The summed E-state index contributed by atoms with van der Waals surface area (Å²) < 4.78 is 33.9. The first kappa shape index (κ1) is 58.2. The van der Waals surface area contributed by atoms with Crippen molar-refractivity contribution in [3.05, 3.63) is 36.5 Å². The van der Waals surface area contributed by atoms with Crippen LogP contribution in [0, 0.1) is 0 Å². The Labute approximate surface area is 370 Å². The standard InChI is InChI=1S/C50H94NO8P/c1-6-8-10-12-14-16-18-20-22-23-24-25-26-27-29-30-32-34-36-38-40-42-49(52)56-46-48(47-58-60(54,55)57-45-44-51(3,4)5)59-50(53)43-41-39-37-35-33-31-28-21-19-17-15-13-11-9-7-2/h15,17,21,28,33,35,48H,6-14,16,18-20,22-27,29-32,34,36-47H2,1-5H3/b17-15+,28-21+,35-33+/t48-/m0/s1. The highest BCUT2D eigenvalue weighted by molar-refractivity contribution is 7.45. The molecule has 0 saturated carbocycles. The predicted molar refractivity (Wildman–Crippen MR) is 250 cm³/mol. The fourth-order valence-electron chi connectivity index (χ4n) is 6.78. The van der Waals surface area contributed by atoms with E-state index >= 15 is 0 Å². The highest BCUT2D eigenvalue weighted by Gasteiger charge is 2.21. The van der Waals surface area contributed by atoms with Crippen LogP contribution in [-0.2, 0) is 32.7 Å². The molecule has 0 aliphatic rings. The van der Waals surface area contributed by atoms with E-state index in [1.54, 1.807) is 0 Å². The SMILES string of the molecule is CCCCC/C=C/C/C=C/C/C=C/CCCCC(=O)O[C@@H](COC(=O)CCCCCCCCCCCCCCCCCCCCCCC)COP(=O)([O-])OCC[N+](C)(C)C. The van der Waals surface area contributed by atoms with E-state index in [1.165, 1.54) is 135 Å². The predicted octanol–water partition coefficient (Wildman–Crippen LogP) is 13.8. The summed E-state index contributed by atoms with van der Waals surface area (Å²) >= 11 is 0. The van der Waals surface area contributed by atoms with Crippen molar-refractivity contribution in [2.75, 3.05) is 47.5 Å². The van der Waals surface area contributed by atoms with Crippen LogP contribution in [-0.4, -0.2) is 70.0 Å². The maximum absolute atomic E-state index is 12.7. The smallest absolute Gasteiger partial charge is 0.306 e. The second-order valence-electron chi connectivity index (χ2n) is 17.8. The highest BCUT2D eigenvalue weighted by Crippen LogP contribution is 2.38. The molecule has 0 N–H and O–H groups in total. The number of rotatable bonds is 45. The largest absolute Gasteiger partial charge is 0.756 e. The Morgan fingerprint density at radius 3 is 1.37 bits per heavy atom. The van der Waals surface area contributed by atoms with Crippen molar-refractivity contribution < 1.29 is 42.1 Å². The van der Waals surface area contributed by atoms with Gasteiger partial charge in [0.05, 0.1) is 27.7 Å². The van der Waals surface area contributed by atoms with E-state index in [0.717, 1.165) is 51.4 Å². The molecular formula is C50H94NO8P. The van der Waals surface area contributed by atoms with Crippen molar-refractivity contribution >= 4 is 19.8 Å². The normalized spacial score (nSPS) is 13.8. The lowest BCUT2D eigenvalue weighted by Crippen LogP contribution is -2.37. The van der Waals surface area contributed by atoms with Gasteiger partial charge < -0.3 is 27.9 Å². The van der Waals surface area contributed by atoms with E-state index in [1.807, 2.05) is 21.1 Å². The van der Waals surface area contributed by atoms with Gasteiger partial charge in [0.2, 0.25) is 0 Å². The lowest BCUT2D eigenvalue weighted by molar-refractivity contribution is -0.870. The number of hydrogen-bond acceptors (Lipinski definition) is 8. The summed E-state index contributed by atoms with van der Waals surface area (Å²) in [6, 6.07) is 0. The molecule has 352 valence electrons. The van der Waals surface area contributed by atoms with E-state index in [2.05, 4.69) is 50.3 Å². The third-order valence-corrected chi connectivity index (χ3v) is 11.6. The molecular weight excluding hydrogens is 774 g/mol. The Morgan fingerprint density at radius 1 is 0.517 bits per heavy atom. The van der Waals surface area contributed by atoms with Crippen LogP contribution in [0.15, 0.2) is 36.5 Å². The van der Waals surface area contributed by atoms with Crippen LogP contribution in [0.2, 0.25) is 0 Å². The molecule has 2 atom stereocenters. The maximum atomic E-state index is 12.7. The molecule has 0 aromatic heterocycles. The summed E-state index contributed by atoms with van der Waals surface area (Å²) in [4.78, 5) is 37.6. The van der Waals surface area contributed by atoms with Crippen molar-refractivity contribution in [1.29, 1.82) is 0 Å². The first-order chi connectivity index (χ1) is 29.0. The van der Waals surface area contributed by atoms with Gasteiger partial charge in [0.25, 0.3) is 7.82 Å². The summed E-state index contributed by atoms with van der Waals surface area (Å²) in [7, 11) is 1.15. The maximum Gasteiger partial charge on any atom is 0.306 e. The molecule has 0 aromatic carbocycles. The number of phosphoric ester groups is 1. The molecule has 0 rings (SSSR count). The van der Waals surface area contributed by atoms with Crippen molar-refractivity contribution in [2.24, 2.45) is 0 Å². The zero-order valence-electron chi connectivity index (χ0n) is 39.7. The number of nitrogens with zero attached hydrogens (tertiary/aromatic N) is 1. The lowest BCUT2D eigenvalue weighted by atomic mass is 10.0. The number of carbonyl (C=O) groups excluding carboxylic acids is 2. The third-order valence-electron chi connectivity index (χ3n) is 10.7. The minimum atomic E-state index is -4.64. The first-order valence-electron chi connectivity index (χ1n) is 24.7. The van der Waals surface area contributed by atoms with E-state index in [-0.39, 0.29) is 32.0 Å². The molecule has 0 amide bonds. The number of ether oxygens (including phenoxy) is 2. The summed E-state index contributed by atoms with van der Waals surface area (Å²) in [6.45, 7) is 4.18. The zero-order chi connectivity index (χ0) is 44.3. The Balaban J connectivity index is 4.27. The van der Waals surface area contributed by atoms with Crippen LogP contribution >= 0.6 is 7.82 Å². The average Bonchev–Trinajstić information content (AvgIpc) is 3.20. The second kappa shape index (κ2) is 42.5. The molecule has 9 nitrogen and oxygen atoms in total. The van der Waals surface area contributed by atoms with E-state index in [4.69, 9.17) is 18.5 Å². The Morgan fingerprint density at radius 2 is 0.900 bits per heavy atom. The topological polar surface area (TPSA) is 111 Å². The fourth-order valence-corrected chi connectivity index (χ4v) is 7.51. The number of carbonyl (C=O) groups is 2. The fraction of sp³-hybridized carbons (Fsp3) is 0.840. The molecule has 0 aliphatic carbocycles. The van der Waals surface area contributed by atoms with Crippen LogP contribution in [0.1, 0.15) is 219 Å². The molecule has 0 heterocycles. The van der Waals surface area contributed by atoms with Gasteiger partial charge >= 0.3 is 11.9 Å². The van der Waals surface area contributed by atoms with E-state index < -0.39 is 26.5 Å². The molecule has 0 spiro atoms. The van der Waals surface area contributed by atoms with Gasteiger partial charge in [-0.15, -0.1) is 0 Å². The van der Waals surface area contributed by atoms with Gasteiger partial charge in [-0.25, -0.2) is 0 Å². The molecule has 0 saturated heterocycles. The van der Waals surface area contributed by atoms with Crippen LogP contribution in [0.4, 0.5) is 0 Å². The highest BCUT2D eigenvalue weighted by atomic mass is 31.2. The quantitative estimate of drug-likeness (QED) is 0.0196. The van der Waals surface area contributed by atoms with E-state index in [9.17, 15) is 19.0 Å². The molecule has 60 heavy (non-hydrogen) atoms. The Kier molecular flexibility index (Phi) is 41.3. The van der Waals surface area contributed by atoms with Gasteiger partial charge in [-0.3, -0.25) is 14.2 Å². The van der Waals surface area contributed by atoms with Crippen LogP contribution in [0.5, 0.6) is 0 Å². The number of esters is 2. The van der Waals surface area contributed by atoms with E-state index in [0.29, 0.717) is 17.4 Å². The first-order valence-corrected chi connectivity index (χ1v) is 26.2. The summed E-state index contributed by atoms with van der Waals surface area (Å²) in [6.07, 6.45) is 49.0. The van der Waals surface area contributed by atoms with Crippen molar-refractivity contribution in [3.63, 3.8) is 0 Å². The monoisotopic (exact) mass is 868 g/mol. The average molecular weight is 868 g/mol. The van der Waals surface area contributed by atoms with Crippen molar-refractivity contribution in [3.8, 4) is 0 Å². The molecule has 0 fully saturated rings. The third kappa shape index (κ3) is 45.7. The zero-order valence-corrected chi connectivity index (χ0v) is 40.6. The minimum absolute atomic E-state index is 0.0372. The van der Waals surface area contributed by atoms with Crippen molar-refractivity contribution in [1.82, 2.24) is 0 Å². The minimum Gasteiger partial charge on any atom is -0.756 e. The number of allylic oxidation sites excluding steroid dienone is 6. The molecule has 0 bridgehead atoms. The van der Waals surface area contributed by atoms with Gasteiger partial charge in [-0.1, -0.05) is 192 Å². The Hall–Kier alpha value is -1.77. The van der Waals surface area contributed by atoms with Gasteiger partial charge in [0.15, 0.2) is 6.10 Å². The van der Waals surface area contributed by atoms with Gasteiger partial charge in [0, 0.05) is 12.8 Å². The number of unbranched alkanes of at least 4 members (excludes halogenated alkanes) is 25. The molecule has 0 aromatic rings. The molecule has 0 radical (unpaired) electrons. The summed E-state index contributed by atoms with van der Waals surface area (Å²) in [5.41, 5.74) is 0. The van der Waals surface area contributed by atoms with Gasteiger partial charge in [0.1, 0.15) is 19.8 Å². The number of quaternary nitrogens is 1. The Bertz CT molecular complexity index is 1120. The molecule has 0 aliphatic heterocycles. The van der Waals surface area contributed by atoms with Crippen molar-refractivity contribution in [2.45, 2.75) is 225 Å². The summed E-state index contributed by atoms with van der Waals surface area (Å²) in [5, 5.41) is 0. The number of hydrogen-bond donors (Lipinski definition) is 0. The number of likely N-dealkylation sites (N-methyl/N-ethyl adjacent to an activating group) is 1. The number of phosphoric acid groups is 1. The summed E-state index contributed by atoms with van der Waals surface area (Å²) in [5.74, 6) is -0.871. The molecule has 10 heteroatoms. The molecule has 1 unspecified atom stereocenters. The second-order valence-corrected chi connectivity index (χ2v) is 19.2. The van der Waals surface area contributed by atoms with Gasteiger partial charge in [-0.2, -0.15) is 0 Å². The van der Waals surface area contributed by atoms with Crippen LogP contribution < -0.4 is 4.89 Å². The van der Waals surface area contributed by atoms with Crippen LogP contribution in [0.3, 0.4) is 0 Å². The lowest BCUT2D eigenvalue weighted by Gasteiger charge is -2.28. The van der Waals surface area contributed by atoms with Gasteiger partial charge in [-0.05, 0) is 51.4 Å².